The van der Waals surface area contributed by atoms with E-state index >= 15 is 0 Å². The molecule has 3 aliphatic rings. The Hall–Kier alpha value is -0.750. The molecular formula is C14H23N3O2S. The number of hydrogen-bond acceptors (Lipinski definition) is 4. The Labute approximate surface area is 124 Å². The molecule has 0 aromatic rings. The van der Waals surface area contributed by atoms with Crippen molar-refractivity contribution in [2.75, 3.05) is 18.8 Å². The zero-order valence-corrected chi connectivity index (χ0v) is 13.0. The van der Waals surface area contributed by atoms with Gasteiger partial charge in [0, 0.05) is 24.8 Å². The van der Waals surface area contributed by atoms with Gasteiger partial charge in [-0.15, -0.1) is 11.8 Å². The summed E-state index contributed by atoms with van der Waals surface area (Å²) < 4.78 is 0. The highest BCUT2D eigenvalue weighted by Gasteiger charge is 2.53. The Bertz CT molecular complexity index is 431. The van der Waals surface area contributed by atoms with E-state index in [1.54, 1.807) is 11.8 Å². The number of carbonyl (C=O) groups is 2. The largest absolute Gasteiger partial charge is 0.350 e. The van der Waals surface area contributed by atoms with Gasteiger partial charge in [0.25, 0.3) is 0 Å². The van der Waals surface area contributed by atoms with Crippen LogP contribution < -0.4 is 10.6 Å². The molecule has 0 aliphatic carbocycles. The molecule has 5 nitrogen and oxygen atoms in total. The first kappa shape index (κ1) is 14.2. The molecule has 0 aromatic heterocycles. The maximum absolute atomic E-state index is 12.5. The van der Waals surface area contributed by atoms with Crippen LogP contribution in [0.25, 0.3) is 0 Å². The van der Waals surface area contributed by atoms with Crippen LogP contribution in [0.5, 0.6) is 0 Å². The SMILES string of the molecule is CC1CCNCC1NC(=O)C1CSC2(C)CCC(=O)N12. The predicted molar refractivity (Wildman–Crippen MR) is 79.3 cm³/mol. The lowest BCUT2D eigenvalue weighted by Crippen LogP contribution is -2.56. The smallest absolute Gasteiger partial charge is 0.243 e. The zero-order chi connectivity index (χ0) is 14.3. The number of piperidine rings is 1. The van der Waals surface area contributed by atoms with Gasteiger partial charge < -0.3 is 15.5 Å². The molecular weight excluding hydrogens is 274 g/mol. The maximum atomic E-state index is 12.5. The summed E-state index contributed by atoms with van der Waals surface area (Å²) in [6.07, 6.45) is 2.53. The highest BCUT2D eigenvalue weighted by atomic mass is 32.2. The van der Waals surface area contributed by atoms with Crippen molar-refractivity contribution in [2.24, 2.45) is 5.92 Å². The molecule has 20 heavy (non-hydrogen) atoms. The first-order chi connectivity index (χ1) is 9.51. The summed E-state index contributed by atoms with van der Waals surface area (Å²) in [5.41, 5.74) is 0. The standard InChI is InChI=1S/C14H23N3O2S/c1-9-4-6-15-7-10(9)16-13(19)11-8-20-14(2)5-3-12(18)17(11)14/h9-11,15H,3-8H2,1-2H3,(H,16,19). The molecule has 3 rings (SSSR count). The monoisotopic (exact) mass is 297 g/mol. The van der Waals surface area contributed by atoms with Crippen molar-refractivity contribution in [1.82, 2.24) is 15.5 Å². The Morgan fingerprint density at radius 2 is 2.35 bits per heavy atom. The fourth-order valence-electron chi connectivity index (χ4n) is 3.48. The van der Waals surface area contributed by atoms with Gasteiger partial charge in [-0.05, 0) is 32.2 Å². The quantitative estimate of drug-likeness (QED) is 0.782. The number of rotatable bonds is 2. The van der Waals surface area contributed by atoms with Gasteiger partial charge in [-0.25, -0.2) is 0 Å². The molecule has 0 bridgehead atoms. The van der Waals surface area contributed by atoms with E-state index in [2.05, 4.69) is 24.5 Å². The predicted octanol–water partition coefficient (Wildman–Crippen LogP) is 0.555. The van der Waals surface area contributed by atoms with Gasteiger partial charge in [0.15, 0.2) is 0 Å². The van der Waals surface area contributed by atoms with Crippen LogP contribution >= 0.6 is 11.8 Å². The normalized spacial score (nSPS) is 40.8. The van der Waals surface area contributed by atoms with E-state index in [-0.39, 0.29) is 28.8 Å². The third-order valence-corrected chi connectivity index (χ3v) is 6.41. The minimum Gasteiger partial charge on any atom is -0.350 e. The highest BCUT2D eigenvalue weighted by Crippen LogP contribution is 2.47. The van der Waals surface area contributed by atoms with Crippen molar-refractivity contribution >= 4 is 23.6 Å². The number of carbonyl (C=O) groups excluding carboxylic acids is 2. The molecule has 4 atom stereocenters. The van der Waals surface area contributed by atoms with Crippen molar-refractivity contribution in [3.05, 3.63) is 0 Å². The van der Waals surface area contributed by atoms with E-state index in [9.17, 15) is 9.59 Å². The number of hydrogen-bond donors (Lipinski definition) is 2. The van der Waals surface area contributed by atoms with Crippen LogP contribution in [-0.2, 0) is 9.59 Å². The van der Waals surface area contributed by atoms with E-state index in [1.165, 1.54) is 0 Å². The van der Waals surface area contributed by atoms with Crippen molar-refractivity contribution in [2.45, 2.75) is 50.1 Å². The molecule has 2 N–H and O–H groups in total. The molecule has 0 radical (unpaired) electrons. The number of fused-ring (bicyclic) bond motifs is 1. The third kappa shape index (κ3) is 2.33. The average molecular weight is 297 g/mol. The first-order valence-electron chi connectivity index (χ1n) is 7.48. The molecule has 0 spiro atoms. The van der Waals surface area contributed by atoms with Gasteiger partial charge >= 0.3 is 0 Å². The van der Waals surface area contributed by atoms with Crippen LogP contribution in [-0.4, -0.2) is 52.5 Å². The summed E-state index contributed by atoms with van der Waals surface area (Å²) in [5.74, 6) is 1.38. The molecule has 6 heteroatoms. The zero-order valence-electron chi connectivity index (χ0n) is 12.1. The van der Waals surface area contributed by atoms with E-state index < -0.39 is 0 Å². The number of thioether (sulfide) groups is 1. The summed E-state index contributed by atoms with van der Waals surface area (Å²) in [5, 5.41) is 6.48. The Kier molecular flexibility index (Phi) is 3.71. The van der Waals surface area contributed by atoms with Crippen LogP contribution in [0.4, 0.5) is 0 Å². The number of nitrogens with one attached hydrogen (secondary N) is 2. The van der Waals surface area contributed by atoms with E-state index in [0.717, 1.165) is 31.7 Å². The van der Waals surface area contributed by atoms with E-state index in [4.69, 9.17) is 0 Å². The molecule has 4 unspecified atom stereocenters. The van der Waals surface area contributed by atoms with E-state index in [1.807, 2.05) is 4.90 Å². The molecule has 3 aliphatic heterocycles. The average Bonchev–Trinajstić information content (AvgIpc) is 2.90. The van der Waals surface area contributed by atoms with Gasteiger partial charge in [0.05, 0.1) is 4.87 Å². The van der Waals surface area contributed by atoms with Crippen LogP contribution in [0.2, 0.25) is 0 Å². The second kappa shape index (κ2) is 5.22. The highest BCUT2D eigenvalue weighted by molar-refractivity contribution is 8.01. The van der Waals surface area contributed by atoms with Crippen molar-refractivity contribution in [1.29, 1.82) is 0 Å². The molecule has 3 heterocycles. The van der Waals surface area contributed by atoms with Crippen molar-refractivity contribution in [3.8, 4) is 0 Å². The molecule has 3 fully saturated rings. The van der Waals surface area contributed by atoms with Gasteiger partial charge in [-0.2, -0.15) is 0 Å². The molecule has 0 saturated carbocycles. The third-order valence-electron chi connectivity index (χ3n) is 4.90. The van der Waals surface area contributed by atoms with Crippen LogP contribution in [0.1, 0.15) is 33.1 Å². The minimum absolute atomic E-state index is 0.0250. The summed E-state index contributed by atoms with van der Waals surface area (Å²) in [6.45, 7) is 6.12. The summed E-state index contributed by atoms with van der Waals surface area (Å²) in [7, 11) is 0. The molecule has 2 amide bonds. The van der Waals surface area contributed by atoms with Crippen LogP contribution in [0.15, 0.2) is 0 Å². The topological polar surface area (TPSA) is 61.4 Å². The van der Waals surface area contributed by atoms with Crippen molar-refractivity contribution in [3.63, 3.8) is 0 Å². The Balaban J connectivity index is 1.67. The summed E-state index contributed by atoms with van der Waals surface area (Å²) >= 11 is 1.75. The summed E-state index contributed by atoms with van der Waals surface area (Å²) in [4.78, 5) is 26.3. The van der Waals surface area contributed by atoms with Gasteiger partial charge in [0.2, 0.25) is 11.8 Å². The Morgan fingerprint density at radius 3 is 3.10 bits per heavy atom. The van der Waals surface area contributed by atoms with Gasteiger partial charge in [-0.3, -0.25) is 9.59 Å². The van der Waals surface area contributed by atoms with E-state index in [0.29, 0.717) is 12.3 Å². The maximum Gasteiger partial charge on any atom is 0.243 e. The lowest BCUT2D eigenvalue weighted by Gasteiger charge is -2.34. The van der Waals surface area contributed by atoms with Gasteiger partial charge in [0.1, 0.15) is 6.04 Å². The number of nitrogens with zero attached hydrogens (tertiary/aromatic N) is 1. The second-order valence-corrected chi connectivity index (χ2v) is 7.85. The Morgan fingerprint density at radius 1 is 1.55 bits per heavy atom. The fourth-order valence-corrected chi connectivity index (χ4v) is 4.91. The molecule has 3 saturated heterocycles. The van der Waals surface area contributed by atoms with Gasteiger partial charge in [-0.1, -0.05) is 6.92 Å². The molecule has 0 aromatic carbocycles. The first-order valence-corrected chi connectivity index (χ1v) is 8.47. The summed E-state index contributed by atoms with van der Waals surface area (Å²) in [6, 6.07) is -0.0973. The van der Waals surface area contributed by atoms with Crippen molar-refractivity contribution < 1.29 is 9.59 Å². The van der Waals surface area contributed by atoms with Crippen LogP contribution in [0.3, 0.4) is 0 Å². The molecule has 112 valence electrons. The minimum atomic E-state index is -0.283. The van der Waals surface area contributed by atoms with Crippen LogP contribution in [0, 0.1) is 5.92 Å². The lowest BCUT2D eigenvalue weighted by atomic mass is 9.94. The number of amides is 2. The lowest BCUT2D eigenvalue weighted by molar-refractivity contribution is -0.138. The second-order valence-electron chi connectivity index (χ2n) is 6.35. The fraction of sp³-hybridized carbons (Fsp3) is 0.857.